The van der Waals surface area contributed by atoms with E-state index in [1.807, 2.05) is 21.6 Å². The summed E-state index contributed by atoms with van der Waals surface area (Å²) < 4.78 is 5.25. The van der Waals surface area contributed by atoms with Gasteiger partial charge in [-0.2, -0.15) is 4.98 Å². The number of benzene rings is 1. The lowest BCUT2D eigenvalue weighted by molar-refractivity contribution is 0.374. The molecule has 2 N–H and O–H groups in total. The number of phenols is 2. The highest BCUT2D eigenvalue weighted by Crippen LogP contribution is 2.39. The van der Waals surface area contributed by atoms with Gasteiger partial charge in [0.25, 0.3) is 0 Å². The quantitative estimate of drug-likeness (QED) is 0.468. The molecule has 1 aromatic heterocycles. The van der Waals surface area contributed by atoms with Gasteiger partial charge in [-0.3, -0.25) is 0 Å². The molecule has 1 aliphatic rings. The molecule has 2 aromatic rings. The van der Waals surface area contributed by atoms with Crippen molar-refractivity contribution >= 4 is 21.6 Å². The lowest BCUT2D eigenvalue weighted by atomic mass is 10.1. The summed E-state index contributed by atoms with van der Waals surface area (Å²) in [5.41, 5.74) is 0.629. The third-order valence-electron chi connectivity index (χ3n) is 3.60. The summed E-state index contributed by atoms with van der Waals surface area (Å²) in [6, 6.07) is 4.50. The van der Waals surface area contributed by atoms with Crippen molar-refractivity contribution in [1.82, 2.24) is 10.1 Å². The van der Waals surface area contributed by atoms with Crippen LogP contribution in [0.2, 0.25) is 0 Å². The first kappa shape index (κ1) is 15.6. The van der Waals surface area contributed by atoms with Crippen LogP contribution < -0.4 is 0 Å². The van der Waals surface area contributed by atoms with E-state index in [0.717, 1.165) is 18.1 Å². The number of unbranched alkanes of at least 4 members (excludes halogenated alkanes) is 1. The number of aryl methyl sites for hydroxylation is 1. The molecular formula is C15H18N2O3S2. The van der Waals surface area contributed by atoms with Crippen LogP contribution in [-0.4, -0.2) is 31.4 Å². The first-order valence-electron chi connectivity index (χ1n) is 7.35. The lowest BCUT2D eigenvalue weighted by Gasteiger charge is -2.05. The maximum Gasteiger partial charge on any atom is 0.226 e. The number of phenolic OH excluding ortho intramolecular Hbond substituents is 2. The monoisotopic (exact) mass is 338 g/mol. The molecule has 0 saturated carbocycles. The van der Waals surface area contributed by atoms with Crippen LogP contribution in [0.1, 0.15) is 31.6 Å². The average molecular weight is 338 g/mol. The summed E-state index contributed by atoms with van der Waals surface area (Å²) in [7, 11) is 3.99. The summed E-state index contributed by atoms with van der Waals surface area (Å²) in [5.74, 6) is 2.00. The van der Waals surface area contributed by atoms with E-state index in [-0.39, 0.29) is 11.5 Å². The van der Waals surface area contributed by atoms with E-state index in [9.17, 15) is 10.2 Å². The van der Waals surface area contributed by atoms with Crippen LogP contribution in [0.25, 0.3) is 11.4 Å². The number of aromatic hydroxyl groups is 2. The fourth-order valence-corrected chi connectivity index (χ4v) is 5.38. The smallest absolute Gasteiger partial charge is 0.226 e. The second-order valence-corrected chi connectivity index (χ2v) is 8.08. The van der Waals surface area contributed by atoms with E-state index in [1.165, 1.54) is 37.1 Å². The molecule has 1 fully saturated rings. The number of hydrogen-bond donors (Lipinski definition) is 2. The van der Waals surface area contributed by atoms with Gasteiger partial charge in [-0.25, -0.2) is 0 Å². The van der Waals surface area contributed by atoms with Gasteiger partial charge in [0.1, 0.15) is 0 Å². The van der Waals surface area contributed by atoms with Crippen molar-refractivity contribution in [2.45, 2.75) is 37.4 Å². The van der Waals surface area contributed by atoms with E-state index >= 15 is 0 Å². The van der Waals surface area contributed by atoms with Gasteiger partial charge in [-0.1, -0.05) is 33.2 Å². The van der Waals surface area contributed by atoms with Gasteiger partial charge < -0.3 is 14.7 Å². The van der Waals surface area contributed by atoms with E-state index in [0.29, 0.717) is 17.3 Å². The number of nitrogens with zero attached hydrogens (tertiary/aromatic N) is 2. The second-order valence-electron chi connectivity index (χ2n) is 5.29. The molecule has 2 heterocycles. The van der Waals surface area contributed by atoms with Crippen LogP contribution in [0.3, 0.4) is 0 Å². The fraction of sp³-hybridized carbons (Fsp3) is 0.467. The molecule has 118 valence electrons. The highest BCUT2D eigenvalue weighted by Gasteiger charge is 2.16. The molecular weight excluding hydrogens is 320 g/mol. The van der Waals surface area contributed by atoms with E-state index in [4.69, 9.17) is 4.52 Å². The molecule has 0 spiro atoms. The highest BCUT2D eigenvalue weighted by atomic mass is 33.1. The van der Waals surface area contributed by atoms with Gasteiger partial charge in [0.15, 0.2) is 11.5 Å². The minimum absolute atomic E-state index is 0.157. The van der Waals surface area contributed by atoms with Crippen LogP contribution >= 0.6 is 21.6 Å². The molecule has 1 aromatic carbocycles. The second kappa shape index (κ2) is 7.28. The fourth-order valence-electron chi connectivity index (χ4n) is 2.35. The third kappa shape index (κ3) is 3.89. The molecule has 0 bridgehead atoms. The molecule has 0 radical (unpaired) electrons. The van der Waals surface area contributed by atoms with Gasteiger partial charge in [-0.15, -0.1) is 0 Å². The summed E-state index contributed by atoms with van der Waals surface area (Å²) in [5, 5.41) is 23.6. The SMILES string of the molecule is Oc1ccc(-c2noc(CCCCC3CCSS3)n2)cc1O. The molecule has 0 amide bonds. The van der Waals surface area contributed by atoms with Crippen molar-refractivity contribution < 1.29 is 14.7 Å². The Hall–Kier alpha value is -1.34. The van der Waals surface area contributed by atoms with Gasteiger partial charge in [-0.05, 0) is 37.5 Å². The zero-order valence-electron chi connectivity index (χ0n) is 12.1. The number of rotatable bonds is 6. The lowest BCUT2D eigenvalue weighted by Crippen LogP contribution is -1.97. The normalized spacial score (nSPS) is 17.9. The molecule has 1 unspecified atom stereocenters. The van der Waals surface area contributed by atoms with Crippen molar-refractivity contribution in [1.29, 1.82) is 0 Å². The highest BCUT2D eigenvalue weighted by molar-refractivity contribution is 8.77. The molecule has 1 saturated heterocycles. The van der Waals surface area contributed by atoms with Gasteiger partial charge >= 0.3 is 0 Å². The van der Waals surface area contributed by atoms with Crippen molar-refractivity contribution in [2.24, 2.45) is 0 Å². The van der Waals surface area contributed by atoms with Gasteiger partial charge in [0.2, 0.25) is 11.7 Å². The zero-order valence-corrected chi connectivity index (χ0v) is 13.7. The Morgan fingerprint density at radius 2 is 2.14 bits per heavy atom. The molecule has 3 rings (SSSR count). The molecule has 7 heteroatoms. The Balaban J connectivity index is 1.51. The van der Waals surface area contributed by atoms with Crippen LogP contribution in [0, 0.1) is 0 Å². The third-order valence-corrected chi connectivity index (χ3v) is 6.60. The van der Waals surface area contributed by atoms with Crippen molar-refractivity contribution in [3.8, 4) is 22.9 Å². The molecule has 1 aliphatic heterocycles. The van der Waals surface area contributed by atoms with Crippen LogP contribution in [-0.2, 0) is 6.42 Å². The number of hydrogen-bond acceptors (Lipinski definition) is 7. The van der Waals surface area contributed by atoms with E-state index in [2.05, 4.69) is 10.1 Å². The zero-order chi connectivity index (χ0) is 15.4. The first-order chi connectivity index (χ1) is 10.7. The maximum atomic E-state index is 9.51. The summed E-state index contributed by atoms with van der Waals surface area (Å²) >= 11 is 0. The molecule has 1 atom stereocenters. The number of aromatic nitrogens is 2. The molecule has 0 aliphatic carbocycles. The minimum Gasteiger partial charge on any atom is -0.504 e. The maximum absolute atomic E-state index is 9.51. The molecule has 22 heavy (non-hydrogen) atoms. The largest absolute Gasteiger partial charge is 0.504 e. The summed E-state index contributed by atoms with van der Waals surface area (Å²) in [4.78, 5) is 4.34. The Bertz CT molecular complexity index is 627. The van der Waals surface area contributed by atoms with Crippen molar-refractivity contribution in [3.63, 3.8) is 0 Å². The standard InChI is InChI=1S/C15H18N2O3S2/c18-12-6-5-10(9-13(12)19)15-16-14(20-17-15)4-2-1-3-11-7-8-21-22-11/h5-6,9,11,18-19H,1-4,7-8H2. The Morgan fingerprint density at radius 1 is 1.23 bits per heavy atom. The topological polar surface area (TPSA) is 79.4 Å². The van der Waals surface area contributed by atoms with Crippen molar-refractivity contribution in [3.05, 3.63) is 24.1 Å². The molecule has 5 nitrogen and oxygen atoms in total. The predicted octanol–water partition coefficient (Wildman–Crippen LogP) is 4.01. The van der Waals surface area contributed by atoms with Crippen LogP contribution in [0.5, 0.6) is 11.5 Å². The van der Waals surface area contributed by atoms with Gasteiger partial charge in [0, 0.05) is 23.0 Å². The van der Waals surface area contributed by atoms with E-state index < -0.39 is 0 Å². The van der Waals surface area contributed by atoms with Crippen molar-refractivity contribution in [2.75, 3.05) is 5.75 Å². The first-order valence-corrected chi connectivity index (χ1v) is 9.74. The Labute approximate surface area is 136 Å². The average Bonchev–Trinajstić information content (AvgIpc) is 3.18. The van der Waals surface area contributed by atoms with Crippen LogP contribution in [0.15, 0.2) is 22.7 Å². The van der Waals surface area contributed by atoms with E-state index in [1.54, 1.807) is 6.07 Å². The minimum atomic E-state index is -0.184. The van der Waals surface area contributed by atoms with Crippen LogP contribution in [0.4, 0.5) is 0 Å². The summed E-state index contributed by atoms with van der Waals surface area (Å²) in [6.45, 7) is 0. The Morgan fingerprint density at radius 3 is 2.91 bits per heavy atom. The predicted molar refractivity (Wildman–Crippen MR) is 89.1 cm³/mol. The Kier molecular flexibility index (Phi) is 5.15. The van der Waals surface area contributed by atoms with Gasteiger partial charge in [0.05, 0.1) is 0 Å². The summed E-state index contributed by atoms with van der Waals surface area (Å²) in [6.07, 6.45) is 5.58.